The van der Waals surface area contributed by atoms with Crippen LogP contribution in [-0.2, 0) is 4.79 Å². The molecule has 2 amide bonds. The Morgan fingerprint density at radius 1 is 0.972 bits per heavy atom. The van der Waals surface area contributed by atoms with E-state index in [4.69, 9.17) is 21.1 Å². The Bertz CT molecular complexity index is 1430. The molecule has 10 heteroatoms. The fourth-order valence-corrected chi connectivity index (χ4v) is 4.57. The van der Waals surface area contributed by atoms with E-state index in [2.05, 4.69) is 15.8 Å². The molecule has 0 bridgehead atoms. The Morgan fingerprint density at radius 2 is 1.67 bits per heavy atom. The van der Waals surface area contributed by atoms with Gasteiger partial charge in [0.2, 0.25) is 0 Å². The van der Waals surface area contributed by atoms with Crippen LogP contribution in [0.5, 0.6) is 11.5 Å². The quantitative estimate of drug-likeness (QED) is 0.152. The van der Waals surface area contributed by atoms with Crippen LogP contribution in [0.3, 0.4) is 0 Å². The summed E-state index contributed by atoms with van der Waals surface area (Å²) >= 11 is 7.56. The molecule has 0 atom stereocenters. The number of ether oxygens (including phenoxy) is 2. The van der Waals surface area contributed by atoms with Crippen molar-refractivity contribution in [2.75, 3.05) is 13.7 Å². The molecule has 4 rings (SSSR count). The number of halogens is 1. The topological polar surface area (TPSA) is 106 Å². The highest BCUT2D eigenvalue weighted by Crippen LogP contribution is 2.34. The number of hydrogen-bond donors (Lipinski definition) is 2. The fraction of sp³-hybridized carbons (Fsp3) is 0.0769. The van der Waals surface area contributed by atoms with Crippen molar-refractivity contribution in [3.05, 3.63) is 93.8 Å². The molecule has 0 saturated heterocycles. The van der Waals surface area contributed by atoms with E-state index in [-0.39, 0.29) is 6.54 Å². The van der Waals surface area contributed by atoms with Crippen molar-refractivity contribution in [2.24, 2.45) is 5.10 Å². The van der Waals surface area contributed by atoms with Crippen LogP contribution in [0.15, 0.2) is 77.9 Å². The van der Waals surface area contributed by atoms with E-state index >= 15 is 0 Å². The van der Waals surface area contributed by atoms with Gasteiger partial charge in [0.05, 0.1) is 30.5 Å². The van der Waals surface area contributed by atoms with E-state index in [1.165, 1.54) is 17.6 Å². The third-order valence-electron chi connectivity index (χ3n) is 4.97. The minimum Gasteiger partial charge on any atom is -0.497 e. The second-order valence-electron chi connectivity index (χ2n) is 7.40. The van der Waals surface area contributed by atoms with Gasteiger partial charge in [-0.25, -0.2) is 10.2 Å². The lowest BCUT2D eigenvalue weighted by Crippen LogP contribution is -2.34. The van der Waals surface area contributed by atoms with Gasteiger partial charge in [-0.05, 0) is 60.2 Å². The second kappa shape index (κ2) is 11.5. The summed E-state index contributed by atoms with van der Waals surface area (Å²) < 4.78 is 11.3. The van der Waals surface area contributed by atoms with Crippen molar-refractivity contribution in [1.29, 1.82) is 0 Å². The van der Waals surface area contributed by atoms with Crippen LogP contribution >= 0.6 is 22.9 Å². The average Bonchev–Trinajstić information content (AvgIpc) is 3.25. The van der Waals surface area contributed by atoms with Gasteiger partial charge in [-0.2, -0.15) is 5.10 Å². The van der Waals surface area contributed by atoms with Crippen LogP contribution < -0.4 is 20.2 Å². The maximum Gasteiger partial charge on any atom is 0.343 e. The number of carbonyl (C=O) groups is 3. The van der Waals surface area contributed by atoms with Gasteiger partial charge in [0.1, 0.15) is 16.4 Å². The average molecular weight is 522 g/mol. The summed E-state index contributed by atoms with van der Waals surface area (Å²) in [6, 6.07) is 20.6. The molecule has 1 aromatic heterocycles. The first-order valence-electron chi connectivity index (χ1n) is 10.7. The van der Waals surface area contributed by atoms with E-state index in [1.54, 1.807) is 55.6 Å². The van der Waals surface area contributed by atoms with Crippen LogP contribution in [0.1, 0.15) is 25.6 Å². The largest absolute Gasteiger partial charge is 0.497 e. The first kappa shape index (κ1) is 24.9. The highest BCUT2D eigenvalue weighted by Gasteiger charge is 2.17. The van der Waals surface area contributed by atoms with E-state index < -0.39 is 17.8 Å². The number of thiophene rings is 1. The molecular formula is C26H20ClN3O5S. The van der Waals surface area contributed by atoms with E-state index in [9.17, 15) is 14.4 Å². The number of hydrogen-bond acceptors (Lipinski definition) is 7. The lowest BCUT2D eigenvalue weighted by Gasteiger charge is -2.05. The second-order valence-corrected chi connectivity index (χ2v) is 8.83. The SMILES string of the molecule is COc1ccc(C(=O)Oc2ccc(/C=N/NC(=O)CNC(=O)c3sc4ccccc4c3Cl)cc2)cc1. The smallest absolute Gasteiger partial charge is 0.343 e. The maximum absolute atomic E-state index is 12.4. The van der Waals surface area contributed by atoms with Gasteiger partial charge in [0.25, 0.3) is 11.8 Å². The normalized spacial score (nSPS) is 10.8. The first-order valence-corrected chi connectivity index (χ1v) is 11.9. The van der Waals surface area contributed by atoms with Crippen molar-refractivity contribution in [3.63, 3.8) is 0 Å². The Labute approximate surface area is 215 Å². The zero-order valence-corrected chi connectivity index (χ0v) is 20.6. The van der Waals surface area contributed by atoms with E-state index in [1.807, 2.05) is 24.3 Å². The van der Waals surface area contributed by atoms with Crippen LogP contribution in [0.25, 0.3) is 10.1 Å². The van der Waals surface area contributed by atoms with Crippen LogP contribution in [0.4, 0.5) is 0 Å². The molecule has 0 unspecified atom stereocenters. The highest BCUT2D eigenvalue weighted by molar-refractivity contribution is 7.21. The minimum absolute atomic E-state index is 0.263. The van der Waals surface area contributed by atoms with Gasteiger partial charge in [-0.3, -0.25) is 9.59 Å². The molecule has 3 aromatic carbocycles. The third kappa shape index (κ3) is 6.07. The molecule has 0 radical (unpaired) electrons. The first-order chi connectivity index (χ1) is 17.4. The van der Waals surface area contributed by atoms with Crippen molar-refractivity contribution in [3.8, 4) is 11.5 Å². The third-order valence-corrected chi connectivity index (χ3v) is 6.64. The Kier molecular flexibility index (Phi) is 7.94. The molecule has 2 N–H and O–H groups in total. The number of rotatable bonds is 8. The lowest BCUT2D eigenvalue weighted by molar-refractivity contribution is -0.120. The number of nitrogens with one attached hydrogen (secondary N) is 2. The zero-order chi connectivity index (χ0) is 25.5. The van der Waals surface area contributed by atoms with Crippen molar-refractivity contribution in [2.45, 2.75) is 0 Å². The number of fused-ring (bicyclic) bond motifs is 1. The van der Waals surface area contributed by atoms with Crippen LogP contribution in [0, 0.1) is 0 Å². The molecule has 0 fully saturated rings. The highest BCUT2D eigenvalue weighted by atomic mass is 35.5. The number of benzene rings is 3. The van der Waals surface area contributed by atoms with Crippen LogP contribution in [0.2, 0.25) is 5.02 Å². The number of nitrogens with zero attached hydrogens (tertiary/aromatic N) is 1. The Balaban J connectivity index is 1.24. The minimum atomic E-state index is -0.498. The predicted molar refractivity (Wildman–Crippen MR) is 139 cm³/mol. The van der Waals surface area contributed by atoms with E-state index in [0.29, 0.717) is 32.5 Å². The van der Waals surface area contributed by atoms with Crippen molar-refractivity contribution < 1.29 is 23.9 Å². The number of methoxy groups -OCH3 is 1. The van der Waals surface area contributed by atoms with Gasteiger partial charge in [0, 0.05) is 10.1 Å². The molecule has 0 aliphatic rings. The summed E-state index contributed by atoms with van der Waals surface area (Å²) in [7, 11) is 1.55. The molecule has 1 heterocycles. The predicted octanol–water partition coefficient (Wildman–Crippen LogP) is 4.66. The Morgan fingerprint density at radius 3 is 2.36 bits per heavy atom. The number of carbonyl (C=O) groups excluding carboxylic acids is 3. The summed E-state index contributed by atoms with van der Waals surface area (Å²) in [6.45, 7) is -0.263. The number of hydrazone groups is 1. The summed E-state index contributed by atoms with van der Waals surface area (Å²) in [5.41, 5.74) is 3.41. The molecule has 0 spiro atoms. The number of amides is 2. The van der Waals surface area contributed by atoms with Crippen LogP contribution in [-0.4, -0.2) is 37.7 Å². The van der Waals surface area contributed by atoms with Gasteiger partial charge < -0.3 is 14.8 Å². The summed E-state index contributed by atoms with van der Waals surface area (Å²) in [4.78, 5) is 37.0. The summed E-state index contributed by atoms with van der Waals surface area (Å²) in [6.07, 6.45) is 1.43. The standard InChI is InChI=1S/C26H20ClN3O5S/c1-34-18-12-8-17(9-13-18)26(33)35-19-10-6-16(7-11-19)14-29-30-22(31)15-28-25(32)24-23(27)20-4-2-3-5-21(20)36-24/h2-14H,15H2,1H3,(H,28,32)(H,30,31)/b29-14+. The van der Waals surface area contributed by atoms with Gasteiger partial charge in [-0.1, -0.05) is 29.8 Å². The van der Waals surface area contributed by atoms with Gasteiger partial charge in [-0.15, -0.1) is 11.3 Å². The number of esters is 1. The summed E-state index contributed by atoms with van der Waals surface area (Å²) in [5.74, 6) is -0.419. The lowest BCUT2D eigenvalue weighted by atomic mass is 10.2. The molecule has 4 aromatic rings. The molecule has 182 valence electrons. The molecular weight excluding hydrogens is 502 g/mol. The maximum atomic E-state index is 12.4. The van der Waals surface area contributed by atoms with E-state index in [0.717, 1.165) is 10.1 Å². The molecule has 8 nitrogen and oxygen atoms in total. The van der Waals surface area contributed by atoms with Crippen molar-refractivity contribution >= 4 is 57.0 Å². The van der Waals surface area contributed by atoms with Gasteiger partial charge in [0.15, 0.2) is 0 Å². The fourth-order valence-electron chi connectivity index (χ4n) is 3.13. The monoisotopic (exact) mass is 521 g/mol. The van der Waals surface area contributed by atoms with Gasteiger partial charge >= 0.3 is 5.97 Å². The molecule has 36 heavy (non-hydrogen) atoms. The summed E-state index contributed by atoms with van der Waals surface area (Å²) in [5, 5.41) is 7.58. The zero-order valence-electron chi connectivity index (χ0n) is 19.0. The van der Waals surface area contributed by atoms with Crippen molar-refractivity contribution in [1.82, 2.24) is 10.7 Å². The molecule has 0 saturated carbocycles. The molecule has 0 aliphatic heterocycles. The Hall–Kier alpha value is -4.21. The molecule has 0 aliphatic carbocycles.